The maximum absolute atomic E-state index is 13.2. The number of anilines is 1. The Balaban J connectivity index is 2.38. The van der Waals surface area contributed by atoms with E-state index in [0.29, 0.717) is 21.3 Å². The van der Waals surface area contributed by atoms with E-state index in [1.165, 1.54) is 11.9 Å². The van der Waals surface area contributed by atoms with Crippen LogP contribution in [-0.4, -0.2) is 51.0 Å². The lowest BCUT2D eigenvalue weighted by atomic mass is 10.1. The third-order valence-electron chi connectivity index (χ3n) is 4.54. The summed E-state index contributed by atoms with van der Waals surface area (Å²) in [5, 5.41) is 3.20. The molecule has 0 spiro atoms. The minimum Gasteiger partial charge on any atom is -0.357 e. The van der Waals surface area contributed by atoms with Crippen molar-refractivity contribution in [1.29, 1.82) is 0 Å². The summed E-state index contributed by atoms with van der Waals surface area (Å²) in [6.07, 6.45) is 1.03. The Bertz CT molecular complexity index is 1060. The van der Waals surface area contributed by atoms with Gasteiger partial charge in [-0.25, -0.2) is 8.42 Å². The topological polar surface area (TPSA) is 86.8 Å². The molecule has 0 saturated carbocycles. The van der Waals surface area contributed by atoms with Gasteiger partial charge in [-0.15, -0.1) is 0 Å². The first kappa shape index (κ1) is 25.7. The molecule has 0 bridgehead atoms. The number of hydrogen-bond donors (Lipinski definition) is 1. The maximum atomic E-state index is 13.2. The van der Waals surface area contributed by atoms with E-state index >= 15 is 0 Å². The Morgan fingerprint density at radius 1 is 1.10 bits per heavy atom. The molecule has 2 rings (SSSR count). The minimum absolute atomic E-state index is 0.0502. The highest BCUT2D eigenvalue weighted by molar-refractivity contribution is 14.1. The lowest BCUT2D eigenvalue weighted by Crippen LogP contribution is -2.50. The molecule has 2 aromatic rings. The van der Waals surface area contributed by atoms with Crippen molar-refractivity contribution in [2.75, 3.05) is 24.2 Å². The Labute approximate surface area is 205 Å². The Hall–Kier alpha value is -1.56. The van der Waals surface area contributed by atoms with Gasteiger partial charge in [-0.1, -0.05) is 29.3 Å². The molecule has 0 aromatic heterocycles. The molecular formula is C20H22Cl2IN3O4S. The van der Waals surface area contributed by atoms with Gasteiger partial charge in [-0.05, 0) is 71.5 Å². The summed E-state index contributed by atoms with van der Waals surface area (Å²) in [6, 6.07) is 10.8. The van der Waals surface area contributed by atoms with Crippen LogP contribution in [0.25, 0.3) is 0 Å². The highest BCUT2D eigenvalue weighted by Crippen LogP contribution is 2.24. The number of benzene rings is 2. The third kappa shape index (κ3) is 6.96. The molecule has 2 amide bonds. The fraction of sp³-hybridized carbons (Fsp3) is 0.300. The van der Waals surface area contributed by atoms with E-state index in [9.17, 15) is 18.0 Å². The van der Waals surface area contributed by atoms with E-state index in [1.54, 1.807) is 49.4 Å². The van der Waals surface area contributed by atoms with Crippen LogP contribution in [0.3, 0.4) is 0 Å². The summed E-state index contributed by atoms with van der Waals surface area (Å²) in [5.41, 5.74) is 1.01. The molecule has 1 atom stereocenters. The average Bonchev–Trinajstić information content (AvgIpc) is 2.71. The fourth-order valence-electron chi connectivity index (χ4n) is 2.85. The van der Waals surface area contributed by atoms with Crippen molar-refractivity contribution >= 4 is 73.3 Å². The number of nitrogens with one attached hydrogen (secondary N) is 1. The van der Waals surface area contributed by atoms with Crippen molar-refractivity contribution < 1.29 is 18.0 Å². The molecule has 2 aromatic carbocycles. The minimum atomic E-state index is -3.75. The van der Waals surface area contributed by atoms with Crippen molar-refractivity contribution in [3.63, 3.8) is 0 Å². The average molecular weight is 598 g/mol. The molecule has 0 saturated heterocycles. The van der Waals surface area contributed by atoms with Gasteiger partial charge in [0.05, 0.1) is 22.0 Å². The molecule has 0 unspecified atom stereocenters. The molecule has 168 valence electrons. The summed E-state index contributed by atoms with van der Waals surface area (Å²) in [4.78, 5) is 26.8. The summed E-state index contributed by atoms with van der Waals surface area (Å²) in [6.45, 7) is 1.17. The van der Waals surface area contributed by atoms with Crippen molar-refractivity contribution in [3.8, 4) is 0 Å². The van der Waals surface area contributed by atoms with Gasteiger partial charge >= 0.3 is 0 Å². The van der Waals surface area contributed by atoms with Crippen molar-refractivity contribution in [2.24, 2.45) is 0 Å². The van der Waals surface area contributed by atoms with Gasteiger partial charge in [0, 0.05) is 17.2 Å². The molecule has 11 heteroatoms. The number of likely N-dealkylation sites (N-methyl/N-ethyl adjacent to an activating group) is 1. The Kier molecular flexibility index (Phi) is 8.99. The zero-order chi connectivity index (χ0) is 23.3. The standard InChI is InChI=1S/C20H22Cl2IN3O4S/c1-13(20(28)24-2)25(11-14-4-9-17(21)18(22)10-14)19(27)12-26(31(3,29)30)16-7-5-15(23)6-8-16/h4-10,13H,11-12H2,1-3H3,(H,24,28)/t13-/m0/s1. The molecule has 0 aliphatic heterocycles. The first-order chi connectivity index (χ1) is 14.4. The van der Waals surface area contributed by atoms with Gasteiger partial charge in [-0.3, -0.25) is 13.9 Å². The summed E-state index contributed by atoms with van der Waals surface area (Å²) >= 11 is 14.1. The van der Waals surface area contributed by atoms with Crippen LogP contribution in [0.5, 0.6) is 0 Å². The fourth-order valence-corrected chi connectivity index (χ4v) is 4.38. The van der Waals surface area contributed by atoms with Gasteiger partial charge in [-0.2, -0.15) is 0 Å². The number of amides is 2. The van der Waals surface area contributed by atoms with Gasteiger partial charge in [0.25, 0.3) is 0 Å². The van der Waals surface area contributed by atoms with Crippen LogP contribution in [-0.2, 0) is 26.2 Å². The van der Waals surface area contributed by atoms with Gasteiger partial charge in [0.1, 0.15) is 12.6 Å². The molecular weight excluding hydrogens is 576 g/mol. The molecule has 31 heavy (non-hydrogen) atoms. The highest BCUT2D eigenvalue weighted by atomic mass is 127. The molecule has 0 fully saturated rings. The van der Waals surface area contributed by atoms with E-state index in [0.717, 1.165) is 14.1 Å². The number of sulfonamides is 1. The van der Waals surface area contributed by atoms with Crippen molar-refractivity contribution in [1.82, 2.24) is 10.2 Å². The number of carbonyl (C=O) groups is 2. The molecule has 7 nitrogen and oxygen atoms in total. The summed E-state index contributed by atoms with van der Waals surface area (Å²) < 4.78 is 26.8. The lowest BCUT2D eigenvalue weighted by molar-refractivity contribution is -0.139. The number of halogens is 3. The molecule has 1 N–H and O–H groups in total. The van der Waals surface area contributed by atoms with Crippen LogP contribution in [0.1, 0.15) is 12.5 Å². The van der Waals surface area contributed by atoms with Crippen LogP contribution in [0.4, 0.5) is 5.69 Å². The lowest BCUT2D eigenvalue weighted by Gasteiger charge is -2.31. The first-order valence-electron chi connectivity index (χ1n) is 9.12. The Morgan fingerprint density at radius 2 is 1.71 bits per heavy atom. The van der Waals surface area contributed by atoms with Gasteiger partial charge < -0.3 is 10.2 Å². The second kappa shape index (κ2) is 10.8. The summed E-state index contributed by atoms with van der Waals surface area (Å²) in [7, 11) is -2.28. The zero-order valence-electron chi connectivity index (χ0n) is 17.1. The van der Waals surface area contributed by atoms with Crippen LogP contribution in [0.2, 0.25) is 10.0 Å². The number of nitrogens with zero attached hydrogens (tertiary/aromatic N) is 2. The Morgan fingerprint density at radius 3 is 2.23 bits per heavy atom. The van der Waals surface area contributed by atoms with E-state index in [2.05, 4.69) is 27.9 Å². The van der Waals surface area contributed by atoms with E-state index in [1.807, 2.05) is 0 Å². The largest absolute Gasteiger partial charge is 0.357 e. The zero-order valence-corrected chi connectivity index (χ0v) is 21.6. The molecule has 0 heterocycles. The van der Waals surface area contributed by atoms with E-state index < -0.39 is 28.5 Å². The number of hydrogen-bond acceptors (Lipinski definition) is 4. The van der Waals surface area contributed by atoms with E-state index in [-0.39, 0.29) is 12.5 Å². The molecule has 0 aliphatic carbocycles. The van der Waals surface area contributed by atoms with Gasteiger partial charge in [0.2, 0.25) is 21.8 Å². The normalized spacial score (nSPS) is 12.2. The van der Waals surface area contributed by atoms with Crippen LogP contribution in [0, 0.1) is 3.57 Å². The monoisotopic (exact) mass is 597 g/mol. The highest BCUT2D eigenvalue weighted by Gasteiger charge is 2.29. The molecule has 0 aliphatic rings. The van der Waals surface area contributed by atoms with Crippen LogP contribution in [0.15, 0.2) is 42.5 Å². The van der Waals surface area contributed by atoms with Crippen LogP contribution >= 0.6 is 45.8 Å². The smallest absolute Gasteiger partial charge is 0.244 e. The SMILES string of the molecule is CNC(=O)[C@H](C)N(Cc1ccc(Cl)c(Cl)c1)C(=O)CN(c1ccc(I)cc1)S(C)(=O)=O. The third-order valence-corrected chi connectivity index (χ3v) is 7.14. The second-order valence-corrected chi connectivity index (χ2v) is 10.8. The van der Waals surface area contributed by atoms with Gasteiger partial charge in [0.15, 0.2) is 0 Å². The quantitative estimate of drug-likeness (QED) is 0.472. The summed E-state index contributed by atoms with van der Waals surface area (Å²) in [5.74, 6) is -0.917. The van der Waals surface area contributed by atoms with E-state index in [4.69, 9.17) is 23.2 Å². The predicted molar refractivity (Wildman–Crippen MR) is 132 cm³/mol. The first-order valence-corrected chi connectivity index (χ1v) is 12.8. The van der Waals surface area contributed by atoms with Crippen molar-refractivity contribution in [2.45, 2.75) is 19.5 Å². The van der Waals surface area contributed by atoms with Crippen LogP contribution < -0.4 is 9.62 Å². The molecule has 0 radical (unpaired) electrons. The van der Waals surface area contributed by atoms with Crippen molar-refractivity contribution in [3.05, 3.63) is 61.6 Å². The second-order valence-electron chi connectivity index (χ2n) is 6.81. The predicted octanol–water partition coefficient (Wildman–Crippen LogP) is 3.53. The number of rotatable bonds is 8. The number of carbonyl (C=O) groups excluding carboxylic acids is 2. The maximum Gasteiger partial charge on any atom is 0.244 e.